The Balaban J connectivity index is 1.69. The van der Waals surface area contributed by atoms with E-state index in [1.807, 2.05) is 44.2 Å². The van der Waals surface area contributed by atoms with Crippen LogP contribution in [-0.2, 0) is 22.6 Å². The highest BCUT2D eigenvalue weighted by Gasteiger charge is 2.31. The predicted molar refractivity (Wildman–Crippen MR) is 151 cm³/mol. The second-order valence-electron chi connectivity index (χ2n) is 10.3. The largest absolute Gasteiger partial charge is 0.384 e. The number of nitrogens with one attached hydrogen (secondary N) is 2. The molecular weight excluding hydrogens is 508 g/mol. The lowest BCUT2D eigenvalue weighted by atomic mass is 9.97. The molecule has 4 rings (SSSR count). The second kappa shape index (κ2) is 13.2. The summed E-state index contributed by atoms with van der Waals surface area (Å²) in [6, 6.07) is 11.9. The second-order valence-corrected chi connectivity index (χ2v) is 10.3. The van der Waals surface area contributed by atoms with Crippen LogP contribution < -0.4 is 16.4 Å². The van der Waals surface area contributed by atoms with Crippen LogP contribution in [0.2, 0.25) is 0 Å². The molecule has 3 amide bonds. The van der Waals surface area contributed by atoms with E-state index >= 15 is 0 Å². The van der Waals surface area contributed by atoms with E-state index in [1.165, 1.54) is 6.20 Å². The molecule has 1 aromatic carbocycles. The molecule has 40 heavy (non-hydrogen) atoms. The predicted octanol–water partition coefficient (Wildman–Crippen LogP) is 2.43. The molecule has 0 saturated carbocycles. The van der Waals surface area contributed by atoms with E-state index in [2.05, 4.69) is 20.7 Å². The van der Waals surface area contributed by atoms with Crippen LogP contribution in [0.5, 0.6) is 0 Å². The first-order chi connectivity index (χ1) is 19.2. The lowest BCUT2D eigenvalue weighted by Crippen LogP contribution is -2.51. The number of rotatable bonds is 5. The number of hydrogen-bond acceptors (Lipinski definition) is 7. The lowest BCUT2D eigenvalue weighted by molar-refractivity contribution is -0.130. The summed E-state index contributed by atoms with van der Waals surface area (Å²) in [5, 5.41) is 10.7. The molecule has 3 atom stereocenters. The monoisotopic (exact) mass is 546 g/mol. The summed E-state index contributed by atoms with van der Waals surface area (Å²) in [6.45, 7) is 6.81. The quantitative estimate of drug-likeness (QED) is 0.445. The number of pyridine rings is 1. The average Bonchev–Trinajstić information content (AvgIpc) is 3.33. The zero-order valence-corrected chi connectivity index (χ0v) is 23.3. The molecule has 0 unspecified atom stereocenters. The van der Waals surface area contributed by atoms with Crippen molar-refractivity contribution in [1.82, 2.24) is 35.3 Å². The summed E-state index contributed by atoms with van der Waals surface area (Å²) in [6.07, 6.45) is 3.29. The Labute approximate surface area is 234 Å². The maximum Gasteiger partial charge on any atom is 0.255 e. The molecule has 0 saturated heterocycles. The molecule has 212 valence electrons. The highest BCUT2D eigenvalue weighted by Crippen LogP contribution is 2.20. The number of fused-ring (bicyclic) bond motifs is 1. The van der Waals surface area contributed by atoms with Gasteiger partial charge < -0.3 is 21.3 Å². The molecule has 0 radical (unpaired) electrons. The van der Waals surface area contributed by atoms with Gasteiger partial charge in [-0.2, -0.15) is 5.10 Å². The number of aromatic nitrogens is 4. The number of benzene rings is 1. The molecule has 0 fully saturated rings. The van der Waals surface area contributed by atoms with Gasteiger partial charge in [0.25, 0.3) is 5.91 Å². The van der Waals surface area contributed by atoms with Crippen molar-refractivity contribution in [3.05, 3.63) is 71.4 Å². The summed E-state index contributed by atoms with van der Waals surface area (Å²) < 4.78 is 1.77. The molecule has 3 aromatic rings. The minimum atomic E-state index is -0.699. The fourth-order valence-corrected chi connectivity index (χ4v) is 4.84. The van der Waals surface area contributed by atoms with Crippen molar-refractivity contribution in [1.29, 1.82) is 0 Å². The number of aryl methyl sites for hydroxylation is 1. The van der Waals surface area contributed by atoms with Gasteiger partial charge in [-0.1, -0.05) is 50.6 Å². The Bertz CT molecular complexity index is 1310. The Morgan fingerprint density at radius 3 is 2.58 bits per heavy atom. The van der Waals surface area contributed by atoms with Crippen molar-refractivity contribution < 1.29 is 14.4 Å². The maximum absolute atomic E-state index is 13.6. The van der Waals surface area contributed by atoms with Gasteiger partial charge in [-0.15, -0.1) is 0 Å². The van der Waals surface area contributed by atoms with E-state index in [0.29, 0.717) is 55.5 Å². The number of carbonyl (C=O) groups excluding carboxylic acids is 3. The van der Waals surface area contributed by atoms with Crippen molar-refractivity contribution in [3.63, 3.8) is 0 Å². The Morgan fingerprint density at radius 2 is 1.88 bits per heavy atom. The van der Waals surface area contributed by atoms with E-state index in [0.717, 1.165) is 12.0 Å². The lowest BCUT2D eigenvalue weighted by Gasteiger charge is -2.28. The van der Waals surface area contributed by atoms with E-state index in [1.54, 1.807) is 28.6 Å². The van der Waals surface area contributed by atoms with E-state index in [4.69, 9.17) is 10.7 Å². The molecule has 11 heteroatoms. The fourth-order valence-electron chi connectivity index (χ4n) is 4.84. The van der Waals surface area contributed by atoms with Gasteiger partial charge in [0.15, 0.2) is 0 Å². The molecular formula is C29H38N8O3. The van der Waals surface area contributed by atoms with E-state index in [9.17, 15) is 14.4 Å². The standard InChI is InChI=1S/C29H38N8O3/c1-4-19(2)26-28(39)33-23(17-21-9-6-5-7-10-21)27-32-20(3)35-37(27)16-15-36(14-8-11-25(38)34-26)29(40)22-12-13-24(30)31-18-22/h5-7,9-10,12-13,18-19,23,26H,4,8,11,14-17H2,1-3H3,(H2,30,31)(H,33,39)(H,34,38)/t19-,23-,26-/m0/s1. The first-order valence-corrected chi connectivity index (χ1v) is 13.8. The topological polar surface area (TPSA) is 148 Å². The molecule has 11 nitrogen and oxygen atoms in total. The summed E-state index contributed by atoms with van der Waals surface area (Å²) >= 11 is 0. The third-order valence-electron chi connectivity index (χ3n) is 7.26. The molecule has 1 aliphatic heterocycles. The summed E-state index contributed by atoms with van der Waals surface area (Å²) in [5.74, 6) is 0.744. The van der Waals surface area contributed by atoms with E-state index < -0.39 is 12.1 Å². The minimum absolute atomic E-state index is 0.0788. The first kappa shape index (κ1) is 28.7. The van der Waals surface area contributed by atoms with Crippen LogP contribution in [0.4, 0.5) is 5.82 Å². The Kier molecular flexibility index (Phi) is 9.47. The highest BCUT2D eigenvalue weighted by atomic mass is 16.2. The molecule has 0 spiro atoms. The van der Waals surface area contributed by atoms with Crippen LogP contribution in [0.25, 0.3) is 0 Å². The van der Waals surface area contributed by atoms with Gasteiger partial charge in [0.2, 0.25) is 11.8 Å². The number of nitrogen functional groups attached to an aromatic ring is 1. The van der Waals surface area contributed by atoms with Crippen LogP contribution in [0, 0.1) is 12.8 Å². The van der Waals surface area contributed by atoms with Crippen molar-refractivity contribution >= 4 is 23.5 Å². The third-order valence-corrected chi connectivity index (χ3v) is 7.26. The molecule has 3 heterocycles. The molecule has 0 bridgehead atoms. The van der Waals surface area contributed by atoms with Crippen molar-refractivity contribution in [2.75, 3.05) is 18.8 Å². The summed E-state index contributed by atoms with van der Waals surface area (Å²) in [5.41, 5.74) is 7.15. The van der Waals surface area contributed by atoms with Gasteiger partial charge in [-0.3, -0.25) is 14.4 Å². The number of amides is 3. The van der Waals surface area contributed by atoms with Crippen LogP contribution in [0.15, 0.2) is 48.7 Å². The average molecular weight is 547 g/mol. The van der Waals surface area contributed by atoms with Crippen molar-refractivity contribution in [2.45, 2.75) is 65.1 Å². The van der Waals surface area contributed by atoms with Gasteiger partial charge >= 0.3 is 0 Å². The smallest absolute Gasteiger partial charge is 0.255 e. The number of hydrogen-bond donors (Lipinski definition) is 3. The molecule has 0 aliphatic carbocycles. The van der Waals surface area contributed by atoms with Crippen molar-refractivity contribution in [3.8, 4) is 0 Å². The van der Waals surface area contributed by atoms with E-state index in [-0.39, 0.29) is 30.1 Å². The molecule has 2 aromatic heterocycles. The number of nitrogens with zero attached hydrogens (tertiary/aromatic N) is 5. The van der Waals surface area contributed by atoms with Crippen LogP contribution >= 0.6 is 0 Å². The Hall–Kier alpha value is -4.28. The zero-order valence-electron chi connectivity index (χ0n) is 23.3. The number of carbonyl (C=O) groups is 3. The number of anilines is 1. The fraction of sp³-hybridized carbons (Fsp3) is 0.448. The van der Waals surface area contributed by atoms with Crippen LogP contribution in [-0.4, -0.2) is 61.5 Å². The van der Waals surface area contributed by atoms with Crippen LogP contribution in [0.1, 0.15) is 66.7 Å². The van der Waals surface area contributed by atoms with Gasteiger partial charge in [-0.25, -0.2) is 14.6 Å². The van der Waals surface area contributed by atoms with Crippen LogP contribution in [0.3, 0.4) is 0 Å². The summed E-state index contributed by atoms with van der Waals surface area (Å²) in [4.78, 5) is 50.4. The normalized spacial score (nSPS) is 19.6. The van der Waals surface area contributed by atoms with Gasteiger partial charge in [0, 0.05) is 25.7 Å². The maximum atomic E-state index is 13.6. The highest BCUT2D eigenvalue weighted by molar-refractivity contribution is 5.94. The third kappa shape index (κ3) is 7.22. The Morgan fingerprint density at radius 1 is 1.10 bits per heavy atom. The molecule has 4 N–H and O–H groups in total. The van der Waals surface area contributed by atoms with Crippen molar-refractivity contribution in [2.24, 2.45) is 5.92 Å². The van der Waals surface area contributed by atoms with Gasteiger partial charge in [0.1, 0.15) is 23.5 Å². The molecule has 1 aliphatic rings. The van der Waals surface area contributed by atoms with Gasteiger partial charge in [0.05, 0.1) is 18.2 Å². The SMILES string of the molecule is CC[C@H](C)[C@@H]1NC(=O)CCCN(C(=O)c2ccc(N)nc2)CCn2nc(C)nc2[C@H](Cc2ccccc2)NC1=O. The number of nitrogens with two attached hydrogens (primary N) is 1. The first-order valence-electron chi connectivity index (χ1n) is 13.8. The summed E-state index contributed by atoms with van der Waals surface area (Å²) in [7, 11) is 0. The zero-order chi connectivity index (χ0) is 28.6. The van der Waals surface area contributed by atoms with Gasteiger partial charge in [-0.05, 0) is 43.4 Å². The minimum Gasteiger partial charge on any atom is -0.384 e.